The van der Waals surface area contributed by atoms with E-state index in [4.69, 9.17) is 4.74 Å². The Morgan fingerprint density at radius 2 is 2.14 bits per heavy atom. The van der Waals surface area contributed by atoms with Gasteiger partial charge in [0.1, 0.15) is 5.60 Å². The summed E-state index contributed by atoms with van der Waals surface area (Å²) in [6.07, 6.45) is 4.63. The van der Waals surface area contributed by atoms with Crippen molar-refractivity contribution in [2.24, 2.45) is 5.92 Å². The van der Waals surface area contributed by atoms with Crippen LogP contribution >= 0.6 is 0 Å². The Morgan fingerprint density at radius 1 is 1.45 bits per heavy atom. The lowest BCUT2D eigenvalue weighted by Crippen LogP contribution is -2.45. The minimum Gasteiger partial charge on any atom is -0.444 e. The highest BCUT2D eigenvalue weighted by Gasteiger charge is 2.27. The quantitative estimate of drug-likeness (QED) is 0.811. The van der Waals surface area contributed by atoms with Gasteiger partial charge in [-0.05, 0) is 59.4 Å². The van der Waals surface area contributed by atoms with E-state index in [1.807, 2.05) is 25.7 Å². The van der Waals surface area contributed by atoms with E-state index in [2.05, 4.69) is 12.2 Å². The highest BCUT2D eigenvalue weighted by atomic mass is 32.2. The number of carbonyl (C=O) groups excluding carboxylic acids is 1. The molecule has 1 aliphatic heterocycles. The molecular formula is C16H32N2O3S. The van der Waals surface area contributed by atoms with Gasteiger partial charge in [0.25, 0.3) is 0 Å². The van der Waals surface area contributed by atoms with Crippen molar-refractivity contribution in [2.45, 2.75) is 58.6 Å². The largest absolute Gasteiger partial charge is 0.444 e. The van der Waals surface area contributed by atoms with Gasteiger partial charge in [-0.2, -0.15) is 0 Å². The average Bonchev–Trinajstić information content (AvgIpc) is 2.41. The molecule has 1 rings (SSSR count). The zero-order valence-electron chi connectivity index (χ0n) is 14.7. The van der Waals surface area contributed by atoms with E-state index in [0.29, 0.717) is 12.0 Å². The van der Waals surface area contributed by atoms with Crippen LogP contribution in [0.4, 0.5) is 4.79 Å². The van der Waals surface area contributed by atoms with E-state index in [1.165, 1.54) is 0 Å². The van der Waals surface area contributed by atoms with Gasteiger partial charge in [0, 0.05) is 41.9 Å². The maximum absolute atomic E-state index is 12.1. The molecule has 1 heterocycles. The summed E-state index contributed by atoms with van der Waals surface area (Å²) in [4.78, 5) is 14.0. The summed E-state index contributed by atoms with van der Waals surface area (Å²) in [5.41, 5.74) is -0.438. The summed E-state index contributed by atoms with van der Waals surface area (Å²) in [7, 11) is -0.726. The molecule has 3 atom stereocenters. The minimum atomic E-state index is -0.726. The fraction of sp³-hybridized carbons (Fsp3) is 0.938. The van der Waals surface area contributed by atoms with Crippen molar-refractivity contribution in [3.8, 4) is 0 Å². The van der Waals surface area contributed by atoms with Crippen LogP contribution in [-0.2, 0) is 15.5 Å². The molecule has 6 heteroatoms. The summed E-state index contributed by atoms with van der Waals surface area (Å²) in [5.74, 6) is 1.21. The molecule has 0 aromatic heterocycles. The maximum atomic E-state index is 12.1. The number of nitrogens with zero attached hydrogens (tertiary/aromatic N) is 1. The SMILES string of the molecule is CC(CCS(C)=O)NCC1CCCN(C(=O)OC(C)(C)C)C1. The van der Waals surface area contributed by atoms with Crippen molar-refractivity contribution < 1.29 is 13.7 Å². The van der Waals surface area contributed by atoms with Gasteiger partial charge in [0.15, 0.2) is 0 Å². The van der Waals surface area contributed by atoms with Gasteiger partial charge in [-0.15, -0.1) is 0 Å². The van der Waals surface area contributed by atoms with Crippen molar-refractivity contribution in [1.29, 1.82) is 0 Å². The minimum absolute atomic E-state index is 0.202. The summed E-state index contributed by atoms with van der Waals surface area (Å²) >= 11 is 0. The predicted octanol–water partition coefficient (Wildman–Crippen LogP) is 2.38. The molecule has 1 N–H and O–H groups in total. The number of rotatable bonds is 6. The smallest absolute Gasteiger partial charge is 0.410 e. The van der Waals surface area contributed by atoms with Gasteiger partial charge in [0.05, 0.1) is 0 Å². The number of likely N-dealkylation sites (tertiary alicyclic amines) is 1. The van der Waals surface area contributed by atoms with Gasteiger partial charge in [0.2, 0.25) is 0 Å². The van der Waals surface area contributed by atoms with Crippen LogP contribution in [-0.4, -0.2) is 58.5 Å². The van der Waals surface area contributed by atoms with Crippen LogP contribution in [0.2, 0.25) is 0 Å². The number of amides is 1. The highest BCUT2D eigenvalue weighted by Crippen LogP contribution is 2.19. The monoisotopic (exact) mass is 332 g/mol. The molecule has 1 fully saturated rings. The van der Waals surface area contributed by atoms with Crippen molar-refractivity contribution in [3.05, 3.63) is 0 Å². The van der Waals surface area contributed by atoms with Gasteiger partial charge in [-0.3, -0.25) is 4.21 Å². The lowest BCUT2D eigenvalue weighted by atomic mass is 9.98. The fourth-order valence-electron chi connectivity index (χ4n) is 2.54. The molecule has 1 amide bonds. The first kappa shape index (κ1) is 19.4. The predicted molar refractivity (Wildman–Crippen MR) is 91.5 cm³/mol. The Hall–Kier alpha value is -0.620. The van der Waals surface area contributed by atoms with E-state index >= 15 is 0 Å². The average molecular weight is 333 g/mol. The van der Waals surface area contributed by atoms with Gasteiger partial charge in [-0.25, -0.2) is 4.79 Å². The molecule has 22 heavy (non-hydrogen) atoms. The molecule has 0 spiro atoms. The summed E-state index contributed by atoms with van der Waals surface area (Å²) < 4.78 is 16.6. The molecule has 0 aliphatic carbocycles. The second kappa shape index (κ2) is 8.87. The van der Waals surface area contributed by atoms with Crippen LogP contribution in [0, 0.1) is 5.92 Å². The van der Waals surface area contributed by atoms with Crippen LogP contribution in [0.1, 0.15) is 47.0 Å². The molecule has 3 unspecified atom stereocenters. The molecule has 0 aromatic rings. The Bertz CT molecular complexity index is 382. The Kier molecular flexibility index (Phi) is 7.83. The van der Waals surface area contributed by atoms with Crippen LogP contribution < -0.4 is 5.32 Å². The van der Waals surface area contributed by atoms with Gasteiger partial charge < -0.3 is 15.0 Å². The van der Waals surface area contributed by atoms with E-state index < -0.39 is 16.4 Å². The molecular weight excluding hydrogens is 300 g/mol. The lowest BCUT2D eigenvalue weighted by Gasteiger charge is -2.34. The van der Waals surface area contributed by atoms with E-state index in [-0.39, 0.29) is 6.09 Å². The number of carbonyl (C=O) groups is 1. The second-order valence-corrected chi connectivity index (χ2v) is 8.86. The van der Waals surface area contributed by atoms with Crippen molar-refractivity contribution in [1.82, 2.24) is 10.2 Å². The third-order valence-electron chi connectivity index (χ3n) is 3.76. The van der Waals surface area contributed by atoms with Crippen molar-refractivity contribution in [2.75, 3.05) is 31.6 Å². The zero-order chi connectivity index (χ0) is 16.8. The lowest BCUT2D eigenvalue weighted by molar-refractivity contribution is 0.0165. The summed E-state index contributed by atoms with van der Waals surface area (Å²) in [5, 5.41) is 3.50. The summed E-state index contributed by atoms with van der Waals surface area (Å²) in [6, 6.07) is 0.362. The fourth-order valence-corrected chi connectivity index (χ4v) is 3.22. The Labute approximate surface area is 137 Å². The van der Waals surface area contributed by atoms with E-state index in [1.54, 1.807) is 6.26 Å². The molecule has 130 valence electrons. The number of hydrogen-bond donors (Lipinski definition) is 1. The Balaban J connectivity index is 2.34. The van der Waals surface area contributed by atoms with Crippen LogP contribution in [0.15, 0.2) is 0 Å². The first-order valence-electron chi connectivity index (χ1n) is 8.18. The van der Waals surface area contributed by atoms with Gasteiger partial charge >= 0.3 is 6.09 Å². The molecule has 1 aliphatic rings. The first-order chi connectivity index (χ1) is 10.2. The van der Waals surface area contributed by atoms with Crippen molar-refractivity contribution >= 4 is 16.9 Å². The molecule has 1 saturated heterocycles. The molecule has 0 aromatic carbocycles. The van der Waals surface area contributed by atoms with Crippen molar-refractivity contribution in [3.63, 3.8) is 0 Å². The van der Waals surface area contributed by atoms with E-state index in [9.17, 15) is 9.00 Å². The van der Waals surface area contributed by atoms with Gasteiger partial charge in [-0.1, -0.05) is 0 Å². The van der Waals surface area contributed by atoms with Crippen LogP contribution in [0.3, 0.4) is 0 Å². The zero-order valence-corrected chi connectivity index (χ0v) is 15.5. The second-order valence-electron chi connectivity index (χ2n) is 7.31. The van der Waals surface area contributed by atoms with E-state index in [0.717, 1.165) is 44.6 Å². The van der Waals surface area contributed by atoms with Crippen LogP contribution in [0.25, 0.3) is 0 Å². The normalized spacial score (nSPS) is 22.2. The topological polar surface area (TPSA) is 58.6 Å². The molecule has 5 nitrogen and oxygen atoms in total. The number of nitrogens with one attached hydrogen (secondary N) is 1. The number of hydrogen-bond acceptors (Lipinski definition) is 4. The maximum Gasteiger partial charge on any atom is 0.410 e. The third kappa shape index (κ3) is 8.13. The number of piperidine rings is 1. The standard InChI is InChI=1S/C16H32N2O3S/c1-13(8-10-22(5)20)17-11-14-7-6-9-18(12-14)15(19)21-16(2,3)4/h13-14,17H,6-12H2,1-5H3. The Morgan fingerprint density at radius 3 is 2.73 bits per heavy atom. The molecule has 0 radical (unpaired) electrons. The third-order valence-corrected chi connectivity index (χ3v) is 4.57. The molecule has 0 bridgehead atoms. The highest BCUT2D eigenvalue weighted by molar-refractivity contribution is 7.84. The molecule has 0 saturated carbocycles. The summed E-state index contributed by atoms with van der Waals surface area (Å²) in [6.45, 7) is 10.3. The number of ether oxygens (including phenoxy) is 1. The van der Waals surface area contributed by atoms with Crippen LogP contribution in [0.5, 0.6) is 0 Å². The first-order valence-corrected chi connectivity index (χ1v) is 9.91.